The van der Waals surface area contributed by atoms with Gasteiger partial charge in [-0.3, -0.25) is 4.79 Å². The second-order valence-corrected chi connectivity index (χ2v) is 4.97. The molecule has 1 nitrogen and oxygen atoms in total. The number of aldehydes is 1. The minimum Gasteiger partial charge on any atom is -0.298 e. The SMILES string of the molecule is CCC/C(C=O)=C(\CCC)c1sccc1C. The zero-order valence-corrected chi connectivity index (χ0v) is 11.2. The van der Waals surface area contributed by atoms with Crippen molar-refractivity contribution in [2.45, 2.75) is 46.5 Å². The first kappa shape index (κ1) is 13.2. The topological polar surface area (TPSA) is 17.1 Å². The number of carbonyl (C=O) groups is 1. The van der Waals surface area contributed by atoms with E-state index in [1.165, 1.54) is 16.0 Å². The molecule has 88 valence electrons. The predicted octanol–water partition coefficient (Wildman–Crippen LogP) is 4.61. The van der Waals surface area contributed by atoms with E-state index in [1.807, 2.05) is 0 Å². The van der Waals surface area contributed by atoms with Crippen LogP contribution in [0.2, 0.25) is 0 Å². The van der Waals surface area contributed by atoms with Crippen LogP contribution in [-0.4, -0.2) is 6.29 Å². The zero-order chi connectivity index (χ0) is 12.0. The maximum atomic E-state index is 11.2. The lowest BCUT2D eigenvalue weighted by Crippen LogP contribution is -1.94. The van der Waals surface area contributed by atoms with Crippen LogP contribution in [0.5, 0.6) is 0 Å². The maximum Gasteiger partial charge on any atom is 0.146 e. The fourth-order valence-electron chi connectivity index (χ4n) is 1.90. The van der Waals surface area contributed by atoms with E-state index in [0.717, 1.165) is 37.5 Å². The second kappa shape index (κ2) is 6.64. The highest BCUT2D eigenvalue weighted by molar-refractivity contribution is 7.11. The first-order valence-corrected chi connectivity index (χ1v) is 6.84. The summed E-state index contributed by atoms with van der Waals surface area (Å²) in [7, 11) is 0. The largest absolute Gasteiger partial charge is 0.298 e. The number of hydrogen-bond donors (Lipinski definition) is 0. The number of aryl methyl sites for hydroxylation is 1. The van der Waals surface area contributed by atoms with Crippen LogP contribution in [0.3, 0.4) is 0 Å². The van der Waals surface area contributed by atoms with Crippen molar-refractivity contribution in [3.63, 3.8) is 0 Å². The number of hydrogen-bond acceptors (Lipinski definition) is 2. The molecule has 0 bridgehead atoms. The lowest BCUT2D eigenvalue weighted by molar-refractivity contribution is -0.105. The molecule has 0 spiro atoms. The van der Waals surface area contributed by atoms with Crippen molar-refractivity contribution in [1.82, 2.24) is 0 Å². The molecular formula is C14H20OS. The Bertz CT molecular complexity index is 374. The number of allylic oxidation sites excluding steroid dienone is 2. The van der Waals surface area contributed by atoms with E-state index >= 15 is 0 Å². The summed E-state index contributed by atoms with van der Waals surface area (Å²) in [5.74, 6) is 0. The van der Waals surface area contributed by atoms with Gasteiger partial charge in [0.05, 0.1) is 0 Å². The van der Waals surface area contributed by atoms with E-state index < -0.39 is 0 Å². The molecule has 0 saturated heterocycles. The van der Waals surface area contributed by atoms with E-state index in [4.69, 9.17) is 0 Å². The molecule has 0 fully saturated rings. The third-order valence-electron chi connectivity index (χ3n) is 2.69. The van der Waals surface area contributed by atoms with Crippen LogP contribution in [0.15, 0.2) is 17.0 Å². The van der Waals surface area contributed by atoms with Crippen molar-refractivity contribution in [2.75, 3.05) is 0 Å². The van der Waals surface area contributed by atoms with Gasteiger partial charge >= 0.3 is 0 Å². The molecule has 2 heteroatoms. The average molecular weight is 236 g/mol. The highest BCUT2D eigenvalue weighted by Crippen LogP contribution is 2.31. The molecule has 0 atom stereocenters. The Morgan fingerprint density at radius 3 is 2.44 bits per heavy atom. The summed E-state index contributed by atoms with van der Waals surface area (Å²) in [4.78, 5) is 12.5. The molecule has 1 aromatic rings. The smallest absolute Gasteiger partial charge is 0.146 e. The molecule has 1 aromatic heterocycles. The van der Waals surface area contributed by atoms with Crippen LogP contribution in [-0.2, 0) is 4.79 Å². The Kier molecular flexibility index (Phi) is 5.47. The lowest BCUT2D eigenvalue weighted by atomic mass is 9.98. The Morgan fingerprint density at radius 2 is 2.00 bits per heavy atom. The molecule has 1 rings (SSSR count). The quantitative estimate of drug-likeness (QED) is 0.520. The summed E-state index contributed by atoms with van der Waals surface area (Å²) in [6.45, 7) is 6.40. The minimum absolute atomic E-state index is 0.899. The summed E-state index contributed by atoms with van der Waals surface area (Å²) in [6.07, 6.45) is 5.08. The van der Waals surface area contributed by atoms with Gasteiger partial charge in [0.1, 0.15) is 6.29 Å². The van der Waals surface area contributed by atoms with E-state index in [-0.39, 0.29) is 0 Å². The molecule has 0 N–H and O–H groups in total. The normalized spacial score (nSPS) is 12.4. The van der Waals surface area contributed by atoms with Gasteiger partial charge in [0, 0.05) is 4.88 Å². The molecule has 0 aromatic carbocycles. The third-order valence-corrected chi connectivity index (χ3v) is 3.76. The Labute approximate surface area is 102 Å². The maximum absolute atomic E-state index is 11.2. The van der Waals surface area contributed by atoms with Crippen molar-refractivity contribution in [3.05, 3.63) is 27.5 Å². The number of carbonyl (C=O) groups excluding carboxylic acids is 1. The van der Waals surface area contributed by atoms with Crippen molar-refractivity contribution >= 4 is 23.2 Å². The highest BCUT2D eigenvalue weighted by Gasteiger charge is 2.11. The van der Waals surface area contributed by atoms with Gasteiger partial charge in [-0.05, 0) is 47.9 Å². The molecule has 0 unspecified atom stereocenters. The minimum atomic E-state index is 0.899. The highest BCUT2D eigenvalue weighted by atomic mass is 32.1. The summed E-state index contributed by atoms with van der Waals surface area (Å²) >= 11 is 1.75. The molecule has 0 radical (unpaired) electrons. The first-order chi connectivity index (χ1) is 7.74. The van der Waals surface area contributed by atoms with Crippen molar-refractivity contribution in [2.24, 2.45) is 0 Å². The van der Waals surface area contributed by atoms with E-state index in [2.05, 4.69) is 32.2 Å². The Morgan fingerprint density at radius 1 is 1.31 bits per heavy atom. The zero-order valence-electron chi connectivity index (χ0n) is 10.4. The Hall–Kier alpha value is -0.890. The van der Waals surface area contributed by atoms with Crippen LogP contribution in [0.1, 0.15) is 50.0 Å². The van der Waals surface area contributed by atoms with Gasteiger partial charge in [0.25, 0.3) is 0 Å². The molecule has 0 amide bonds. The van der Waals surface area contributed by atoms with Crippen molar-refractivity contribution in [1.29, 1.82) is 0 Å². The summed E-state index contributed by atoms with van der Waals surface area (Å²) in [5.41, 5.74) is 3.56. The van der Waals surface area contributed by atoms with Crippen LogP contribution in [0.25, 0.3) is 5.57 Å². The van der Waals surface area contributed by atoms with Gasteiger partial charge in [0.2, 0.25) is 0 Å². The Balaban J connectivity index is 3.15. The van der Waals surface area contributed by atoms with Gasteiger partial charge in [-0.1, -0.05) is 26.7 Å². The third kappa shape index (κ3) is 3.05. The van der Waals surface area contributed by atoms with Crippen molar-refractivity contribution < 1.29 is 4.79 Å². The lowest BCUT2D eigenvalue weighted by Gasteiger charge is -2.09. The van der Waals surface area contributed by atoms with Crippen LogP contribution < -0.4 is 0 Å². The standard InChI is InChI=1S/C14H20OS/c1-4-6-12(10-15)13(7-5-2)14-11(3)8-9-16-14/h8-10H,4-7H2,1-3H3/b13-12-. The predicted molar refractivity (Wildman–Crippen MR) is 71.9 cm³/mol. The fraction of sp³-hybridized carbons (Fsp3) is 0.500. The van der Waals surface area contributed by atoms with Gasteiger partial charge in [-0.15, -0.1) is 11.3 Å². The van der Waals surface area contributed by atoms with Crippen molar-refractivity contribution in [3.8, 4) is 0 Å². The van der Waals surface area contributed by atoms with Crippen LogP contribution in [0.4, 0.5) is 0 Å². The van der Waals surface area contributed by atoms with Gasteiger partial charge in [-0.2, -0.15) is 0 Å². The van der Waals surface area contributed by atoms with Crippen LogP contribution >= 0.6 is 11.3 Å². The van der Waals surface area contributed by atoms with E-state index in [9.17, 15) is 4.79 Å². The summed E-state index contributed by atoms with van der Waals surface area (Å²) < 4.78 is 0. The van der Waals surface area contributed by atoms with Gasteiger partial charge < -0.3 is 0 Å². The number of thiophene rings is 1. The number of rotatable bonds is 6. The second-order valence-electron chi connectivity index (χ2n) is 4.05. The molecule has 1 heterocycles. The van der Waals surface area contributed by atoms with Gasteiger partial charge in [-0.25, -0.2) is 0 Å². The molecular weight excluding hydrogens is 216 g/mol. The molecule has 0 aliphatic rings. The van der Waals surface area contributed by atoms with E-state index in [0.29, 0.717) is 0 Å². The monoisotopic (exact) mass is 236 g/mol. The summed E-state index contributed by atoms with van der Waals surface area (Å²) in [6, 6.07) is 2.13. The average Bonchev–Trinajstić information content (AvgIpc) is 2.69. The molecule has 0 aliphatic carbocycles. The van der Waals surface area contributed by atoms with E-state index in [1.54, 1.807) is 11.3 Å². The fourth-order valence-corrected chi connectivity index (χ4v) is 2.94. The van der Waals surface area contributed by atoms with Gasteiger partial charge in [0.15, 0.2) is 0 Å². The molecule has 0 aliphatic heterocycles. The molecule has 16 heavy (non-hydrogen) atoms. The summed E-state index contributed by atoms with van der Waals surface area (Å²) in [5, 5.41) is 2.11. The van der Waals surface area contributed by atoms with Crippen LogP contribution in [0, 0.1) is 6.92 Å². The molecule has 0 saturated carbocycles. The first-order valence-electron chi connectivity index (χ1n) is 5.96.